The molecule has 0 unspecified atom stereocenters. The van der Waals surface area contributed by atoms with Crippen LogP contribution >= 0.6 is 22.7 Å². The number of fused-ring (bicyclic) bond motifs is 9. The lowest BCUT2D eigenvalue weighted by Gasteiger charge is -2.26. The van der Waals surface area contributed by atoms with Crippen LogP contribution < -0.4 is 4.90 Å². The van der Waals surface area contributed by atoms with Gasteiger partial charge in [0.25, 0.3) is 0 Å². The van der Waals surface area contributed by atoms with Gasteiger partial charge in [0.2, 0.25) is 0 Å². The number of hydrogen-bond donors (Lipinski definition) is 0. The highest BCUT2D eigenvalue weighted by atomic mass is 32.1. The van der Waals surface area contributed by atoms with E-state index in [9.17, 15) is 0 Å². The zero-order valence-corrected chi connectivity index (χ0v) is 32.3. The largest absolute Gasteiger partial charge is 0.310 e. The molecule has 266 valence electrons. The topological polar surface area (TPSA) is 16.1 Å². The molecular weight excluding hydrogens is 729 g/mol. The first kappa shape index (κ1) is 32.4. The summed E-state index contributed by atoms with van der Waals surface area (Å²) in [4.78, 5) is 6.73. The van der Waals surface area contributed by atoms with E-state index in [4.69, 9.17) is 0 Å². The van der Waals surface area contributed by atoms with Crippen molar-refractivity contribution in [2.24, 2.45) is 0 Å². The molecule has 0 bridgehead atoms. The van der Waals surface area contributed by atoms with Crippen LogP contribution in [0.3, 0.4) is 0 Å². The summed E-state index contributed by atoms with van der Waals surface area (Å²) in [5, 5.41) is 12.6. The molecule has 0 spiro atoms. The molecule has 0 fully saturated rings. The van der Waals surface area contributed by atoms with E-state index in [1.165, 1.54) is 89.5 Å². The minimum atomic E-state index is 1.11. The van der Waals surface area contributed by atoms with Crippen molar-refractivity contribution in [1.82, 2.24) is 4.98 Å². The van der Waals surface area contributed by atoms with Crippen molar-refractivity contribution < 1.29 is 0 Å². The Labute approximate surface area is 337 Å². The number of nitrogens with zero attached hydrogens (tertiary/aromatic N) is 2. The van der Waals surface area contributed by atoms with Gasteiger partial charge in [0, 0.05) is 75.2 Å². The molecule has 4 heteroatoms. The fraction of sp³-hybridized carbons (Fsp3) is 0. The molecule has 0 aliphatic carbocycles. The fourth-order valence-corrected chi connectivity index (χ4v) is 10.8. The van der Waals surface area contributed by atoms with Crippen molar-refractivity contribution >= 4 is 112 Å². The van der Waals surface area contributed by atoms with E-state index in [-0.39, 0.29) is 0 Å². The van der Waals surface area contributed by atoms with Crippen LogP contribution in [0, 0.1) is 0 Å². The number of hydrogen-bond acceptors (Lipinski definition) is 4. The molecule has 3 heterocycles. The third-order valence-corrected chi connectivity index (χ3v) is 13.7. The van der Waals surface area contributed by atoms with Gasteiger partial charge in [0.15, 0.2) is 0 Å². The standard InChI is InChI=1S/C53H32N2S2/c1-3-7-50-46(5-1)48-28-40-26-44(21-17-38(40)30-52(48)56-50)55(45-22-18-39-31-53-49(29-41(39)27-45)47-6-2-4-8-51(47)57-53)43-19-15-34(16-20-43)33-9-11-35(12-10-33)37-14-13-36-23-24-54-32-42(36)25-37/h1-32H. The third kappa shape index (κ3) is 5.48. The minimum absolute atomic E-state index is 1.11. The summed E-state index contributed by atoms with van der Waals surface area (Å²) >= 11 is 3.74. The molecule has 57 heavy (non-hydrogen) atoms. The van der Waals surface area contributed by atoms with Gasteiger partial charge in [-0.1, -0.05) is 97.1 Å². The van der Waals surface area contributed by atoms with Gasteiger partial charge in [0.05, 0.1) is 0 Å². The van der Waals surface area contributed by atoms with Gasteiger partial charge in [-0.05, 0) is 134 Å². The fourth-order valence-electron chi connectivity index (χ4n) is 8.56. The van der Waals surface area contributed by atoms with E-state index in [1.54, 1.807) is 0 Å². The maximum atomic E-state index is 4.32. The first-order chi connectivity index (χ1) is 28.2. The lowest BCUT2D eigenvalue weighted by atomic mass is 9.98. The van der Waals surface area contributed by atoms with Crippen LogP contribution in [0.25, 0.3) is 94.9 Å². The van der Waals surface area contributed by atoms with Crippen molar-refractivity contribution in [3.8, 4) is 22.3 Å². The van der Waals surface area contributed by atoms with Gasteiger partial charge < -0.3 is 4.90 Å². The number of rotatable bonds is 5. The van der Waals surface area contributed by atoms with E-state index in [1.807, 2.05) is 35.1 Å². The second-order valence-corrected chi connectivity index (χ2v) is 17.0. The second kappa shape index (κ2) is 12.9. The molecule has 9 aromatic carbocycles. The lowest BCUT2D eigenvalue weighted by Crippen LogP contribution is -2.09. The number of thiophene rings is 2. The number of aromatic nitrogens is 1. The van der Waals surface area contributed by atoms with Crippen LogP contribution in [0.1, 0.15) is 0 Å². The summed E-state index contributed by atoms with van der Waals surface area (Å²) in [6, 6.07) is 67.4. The Morgan fingerprint density at radius 2 is 0.807 bits per heavy atom. The summed E-state index contributed by atoms with van der Waals surface area (Å²) in [6.45, 7) is 0. The predicted octanol–water partition coefficient (Wildman–Crippen LogP) is 16.1. The monoisotopic (exact) mass is 760 g/mol. The molecule has 0 saturated carbocycles. The first-order valence-electron chi connectivity index (χ1n) is 19.2. The van der Waals surface area contributed by atoms with Gasteiger partial charge in [-0.2, -0.15) is 0 Å². The van der Waals surface area contributed by atoms with Gasteiger partial charge >= 0.3 is 0 Å². The Balaban J connectivity index is 0.965. The Kier molecular flexibility index (Phi) is 7.31. The predicted molar refractivity (Wildman–Crippen MR) is 248 cm³/mol. The van der Waals surface area contributed by atoms with Crippen LogP contribution in [0.4, 0.5) is 17.1 Å². The van der Waals surface area contributed by atoms with E-state index < -0.39 is 0 Å². The maximum Gasteiger partial charge on any atom is 0.0468 e. The Morgan fingerprint density at radius 1 is 0.316 bits per heavy atom. The maximum absolute atomic E-state index is 4.32. The second-order valence-electron chi connectivity index (χ2n) is 14.9. The van der Waals surface area contributed by atoms with Crippen molar-refractivity contribution in [2.75, 3.05) is 4.90 Å². The molecular formula is C53H32N2S2. The molecule has 12 aromatic rings. The van der Waals surface area contributed by atoms with Crippen LogP contribution in [0.15, 0.2) is 194 Å². The van der Waals surface area contributed by atoms with E-state index in [0.29, 0.717) is 0 Å². The summed E-state index contributed by atoms with van der Waals surface area (Å²) in [6.07, 6.45) is 3.78. The van der Waals surface area contributed by atoms with Crippen molar-refractivity contribution in [3.05, 3.63) is 194 Å². The van der Waals surface area contributed by atoms with Crippen molar-refractivity contribution in [1.29, 1.82) is 0 Å². The highest BCUT2D eigenvalue weighted by molar-refractivity contribution is 7.26. The van der Waals surface area contributed by atoms with Crippen LogP contribution in [-0.4, -0.2) is 4.98 Å². The summed E-state index contributed by atoms with van der Waals surface area (Å²) in [5.74, 6) is 0. The average molecular weight is 761 g/mol. The van der Waals surface area contributed by atoms with Gasteiger partial charge in [-0.3, -0.25) is 4.98 Å². The molecule has 0 aliphatic rings. The molecule has 0 atom stereocenters. The Morgan fingerprint density at radius 3 is 1.40 bits per heavy atom. The van der Waals surface area contributed by atoms with E-state index in [2.05, 4.69) is 192 Å². The van der Waals surface area contributed by atoms with Crippen LogP contribution in [-0.2, 0) is 0 Å². The molecule has 12 rings (SSSR count). The van der Waals surface area contributed by atoms with Crippen LogP contribution in [0.2, 0.25) is 0 Å². The molecule has 0 radical (unpaired) electrons. The third-order valence-electron chi connectivity index (χ3n) is 11.5. The molecule has 0 saturated heterocycles. The van der Waals surface area contributed by atoms with Crippen LogP contribution in [0.5, 0.6) is 0 Å². The van der Waals surface area contributed by atoms with E-state index in [0.717, 1.165) is 22.4 Å². The van der Waals surface area contributed by atoms with Gasteiger partial charge in [-0.15, -0.1) is 22.7 Å². The number of benzene rings is 9. The van der Waals surface area contributed by atoms with Gasteiger partial charge in [-0.25, -0.2) is 0 Å². The highest BCUT2D eigenvalue weighted by Crippen LogP contribution is 2.43. The number of pyridine rings is 1. The lowest BCUT2D eigenvalue weighted by molar-refractivity contribution is 1.29. The number of anilines is 3. The molecule has 0 N–H and O–H groups in total. The molecule has 2 nitrogen and oxygen atoms in total. The first-order valence-corrected chi connectivity index (χ1v) is 20.9. The molecule has 0 amide bonds. The normalized spacial score (nSPS) is 11.9. The molecule has 3 aromatic heterocycles. The van der Waals surface area contributed by atoms with Crippen molar-refractivity contribution in [2.45, 2.75) is 0 Å². The zero-order chi connectivity index (χ0) is 37.5. The van der Waals surface area contributed by atoms with Gasteiger partial charge in [0.1, 0.15) is 0 Å². The minimum Gasteiger partial charge on any atom is -0.310 e. The smallest absolute Gasteiger partial charge is 0.0468 e. The average Bonchev–Trinajstić information content (AvgIpc) is 3.82. The SMILES string of the molecule is c1ccc2c(c1)sc1cc3ccc(N(c4ccc(-c5ccc(-c6ccc7ccncc7c6)cc5)cc4)c4ccc5cc6sc7ccccc7c6cc5c4)cc3cc12. The summed E-state index contributed by atoms with van der Waals surface area (Å²) in [7, 11) is 0. The summed E-state index contributed by atoms with van der Waals surface area (Å²) < 4.78 is 5.31. The Hall–Kier alpha value is -6.85. The van der Waals surface area contributed by atoms with Crippen molar-refractivity contribution in [3.63, 3.8) is 0 Å². The summed E-state index contributed by atoms with van der Waals surface area (Å²) in [5.41, 5.74) is 8.14. The quantitative estimate of drug-likeness (QED) is 0.174. The zero-order valence-electron chi connectivity index (χ0n) is 30.7. The Bertz CT molecular complexity index is 3370. The molecule has 0 aliphatic heterocycles. The highest BCUT2D eigenvalue weighted by Gasteiger charge is 2.16. The van der Waals surface area contributed by atoms with E-state index >= 15 is 0 Å².